The molecular formula is C22H31N3O. The van der Waals surface area contributed by atoms with Gasteiger partial charge in [-0.1, -0.05) is 31.5 Å². The highest BCUT2D eigenvalue weighted by Gasteiger charge is 2.22. The lowest BCUT2D eigenvalue weighted by molar-refractivity contribution is 0.137. The van der Waals surface area contributed by atoms with Gasteiger partial charge in [0.05, 0.1) is 17.8 Å². The fraction of sp³-hybridized carbons (Fsp3) is 0.591. The summed E-state index contributed by atoms with van der Waals surface area (Å²) in [5.74, 6) is 1.52. The maximum absolute atomic E-state index is 6.30. The fourth-order valence-corrected chi connectivity index (χ4v) is 4.22. The van der Waals surface area contributed by atoms with E-state index in [-0.39, 0.29) is 0 Å². The van der Waals surface area contributed by atoms with Crippen LogP contribution >= 0.6 is 0 Å². The number of nitrogens with one attached hydrogen (secondary N) is 1. The molecule has 2 aromatic rings. The van der Waals surface area contributed by atoms with Crippen molar-refractivity contribution in [1.29, 1.82) is 0 Å². The number of piperidine rings is 1. The van der Waals surface area contributed by atoms with Crippen molar-refractivity contribution >= 4 is 16.6 Å². The maximum Gasteiger partial charge on any atom is 0.219 e. The lowest BCUT2D eigenvalue weighted by Gasteiger charge is -2.32. The lowest BCUT2D eigenvalue weighted by Crippen LogP contribution is -2.36. The number of hydrogen-bond acceptors (Lipinski definition) is 4. The van der Waals surface area contributed by atoms with Crippen LogP contribution < -0.4 is 10.1 Å². The van der Waals surface area contributed by atoms with Crippen LogP contribution in [0.5, 0.6) is 5.88 Å². The summed E-state index contributed by atoms with van der Waals surface area (Å²) in [5.41, 5.74) is 3.55. The molecule has 0 atom stereocenters. The first-order chi connectivity index (χ1) is 12.8. The van der Waals surface area contributed by atoms with Crippen LogP contribution in [0.25, 0.3) is 10.9 Å². The van der Waals surface area contributed by atoms with Crippen molar-refractivity contribution in [3.05, 3.63) is 29.8 Å². The van der Waals surface area contributed by atoms with Gasteiger partial charge in [0.25, 0.3) is 0 Å². The molecular weight excluding hydrogens is 322 g/mol. The number of aromatic nitrogens is 1. The van der Waals surface area contributed by atoms with Gasteiger partial charge in [0.1, 0.15) is 0 Å². The molecule has 1 aromatic carbocycles. The van der Waals surface area contributed by atoms with Crippen LogP contribution in [0.15, 0.2) is 24.3 Å². The molecule has 2 aliphatic rings. The summed E-state index contributed by atoms with van der Waals surface area (Å²) in [5, 5.41) is 4.80. The molecule has 0 unspecified atom stereocenters. The molecule has 0 amide bonds. The first kappa shape index (κ1) is 17.6. The Kier molecular flexibility index (Phi) is 5.59. The van der Waals surface area contributed by atoms with Gasteiger partial charge in [0.2, 0.25) is 5.88 Å². The van der Waals surface area contributed by atoms with E-state index in [1.807, 2.05) is 0 Å². The monoisotopic (exact) mass is 353 g/mol. The molecule has 0 aliphatic carbocycles. The number of likely N-dealkylation sites (tertiary alicyclic amines) is 1. The van der Waals surface area contributed by atoms with Gasteiger partial charge in [-0.25, -0.2) is 4.98 Å². The molecule has 26 heavy (non-hydrogen) atoms. The van der Waals surface area contributed by atoms with E-state index >= 15 is 0 Å². The van der Waals surface area contributed by atoms with Crippen LogP contribution in [0.3, 0.4) is 0 Å². The minimum absolute atomic E-state index is 0.661. The Hall–Kier alpha value is -1.81. The highest BCUT2D eigenvalue weighted by atomic mass is 16.5. The fourth-order valence-electron chi connectivity index (χ4n) is 4.22. The first-order valence-electron chi connectivity index (χ1n) is 10.4. The zero-order valence-electron chi connectivity index (χ0n) is 16.0. The average Bonchev–Trinajstić information content (AvgIpc) is 2.71. The second kappa shape index (κ2) is 8.26. The van der Waals surface area contributed by atoms with Crippen LogP contribution in [0.1, 0.15) is 44.6 Å². The standard InChI is InChI=1S/C22H31N3O/c1-2-3-13-25-14-10-17(11-15-25)16-26-22-19-8-6-12-23-21(19)18-7-4-5-9-20(18)24-22/h4-5,7,9,17,23H,2-3,6,8,10-16H2,1H3. The number of ether oxygens (including phenoxy) is 1. The third-order valence-corrected chi connectivity index (χ3v) is 5.85. The largest absolute Gasteiger partial charge is 0.477 e. The lowest BCUT2D eigenvalue weighted by atomic mass is 9.97. The Labute approximate surface area is 156 Å². The molecule has 1 aromatic heterocycles. The van der Waals surface area contributed by atoms with Crippen molar-refractivity contribution in [3.63, 3.8) is 0 Å². The van der Waals surface area contributed by atoms with Crippen molar-refractivity contribution in [2.75, 3.05) is 38.1 Å². The van der Waals surface area contributed by atoms with Gasteiger partial charge in [-0.05, 0) is 63.7 Å². The molecule has 0 saturated carbocycles. The molecule has 0 spiro atoms. The summed E-state index contributed by atoms with van der Waals surface area (Å²) in [4.78, 5) is 7.47. The number of fused-ring (bicyclic) bond motifs is 3. The topological polar surface area (TPSA) is 37.4 Å². The number of unbranched alkanes of at least 4 members (excludes halogenated alkanes) is 1. The Bertz CT molecular complexity index is 737. The summed E-state index contributed by atoms with van der Waals surface area (Å²) in [7, 11) is 0. The van der Waals surface area contributed by atoms with E-state index in [0.717, 1.165) is 37.4 Å². The number of nitrogens with zero attached hydrogens (tertiary/aromatic N) is 2. The first-order valence-corrected chi connectivity index (χ1v) is 10.4. The highest BCUT2D eigenvalue weighted by molar-refractivity contribution is 5.94. The zero-order chi connectivity index (χ0) is 17.8. The molecule has 4 heteroatoms. The predicted molar refractivity (Wildman–Crippen MR) is 108 cm³/mol. The Morgan fingerprint density at radius 3 is 2.92 bits per heavy atom. The van der Waals surface area contributed by atoms with E-state index in [2.05, 4.69) is 41.4 Å². The summed E-state index contributed by atoms with van der Waals surface area (Å²) >= 11 is 0. The molecule has 4 nitrogen and oxygen atoms in total. The van der Waals surface area contributed by atoms with Crippen molar-refractivity contribution in [3.8, 4) is 5.88 Å². The molecule has 1 saturated heterocycles. The molecule has 2 aliphatic heterocycles. The average molecular weight is 354 g/mol. The molecule has 0 radical (unpaired) electrons. The van der Waals surface area contributed by atoms with E-state index in [9.17, 15) is 0 Å². The van der Waals surface area contributed by atoms with Crippen molar-refractivity contribution in [1.82, 2.24) is 9.88 Å². The van der Waals surface area contributed by atoms with Gasteiger partial charge in [-0.15, -0.1) is 0 Å². The summed E-state index contributed by atoms with van der Waals surface area (Å²) < 4.78 is 6.30. The second-order valence-electron chi connectivity index (χ2n) is 7.77. The van der Waals surface area contributed by atoms with E-state index in [4.69, 9.17) is 9.72 Å². The Balaban J connectivity index is 1.43. The smallest absolute Gasteiger partial charge is 0.219 e. The second-order valence-corrected chi connectivity index (χ2v) is 7.77. The molecule has 140 valence electrons. The van der Waals surface area contributed by atoms with Crippen molar-refractivity contribution in [2.24, 2.45) is 5.92 Å². The van der Waals surface area contributed by atoms with Gasteiger partial charge in [-0.2, -0.15) is 0 Å². The van der Waals surface area contributed by atoms with Crippen LogP contribution in [0, 0.1) is 5.92 Å². The van der Waals surface area contributed by atoms with E-state index in [0.29, 0.717) is 5.92 Å². The van der Waals surface area contributed by atoms with E-state index in [1.165, 1.54) is 62.0 Å². The van der Waals surface area contributed by atoms with Crippen LogP contribution in [0.4, 0.5) is 5.69 Å². The number of para-hydroxylation sites is 1. The number of anilines is 1. The normalized spacial score (nSPS) is 18.5. The van der Waals surface area contributed by atoms with E-state index in [1.54, 1.807) is 0 Å². The van der Waals surface area contributed by atoms with Gasteiger partial charge in [0, 0.05) is 17.5 Å². The van der Waals surface area contributed by atoms with Crippen molar-refractivity contribution in [2.45, 2.75) is 45.4 Å². The number of rotatable bonds is 6. The Morgan fingerprint density at radius 2 is 2.08 bits per heavy atom. The minimum Gasteiger partial charge on any atom is -0.477 e. The van der Waals surface area contributed by atoms with Crippen LogP contribution in [-0.2, 0) is 6.42 Å². The predicted octanol–water partition coefficient (Wildman–Crippen LogP) is 4.48. The van der Waals surface area contributed by atoms with Gasteiger partial charge in [0.15, 0.2) is 0 Å². The third kappa shape index (κ3) is 3.80. The quantitative estimate of drug-likeness (QED) is 0.831. The van der Waals surface area contributed by atoms with E-state index < -0.39 is 0 Å². The molecule has 4 rings (SSSR count). The number of pyridine rings is 1. The van der Waals surface area contributed by atoms with Crippen LogP contribution in [0.2, 0.25) is 0 Å². The third-order valence-electron chi connectivity index (χ3n) is 5.85. The zero-order valence-corrected chi connectivity index (χ0v) is 16.0. The highest BCUT2D eigenvalue weighted by Crippen LogP contribution is 2.36. The summed E-state index contributed by atoms with van der Waals surface area (Å²) in [6.07, 6.45) is 7.32. The maximum atomic E-state index is 6.30. The number of hydrogen-bond donors (Lipinski definition) is 1. The number of benzene rings is 1. The molecule has 0 bridgehead atoms. The SMILES string of the molecule is CCCCN1CCC(COc2nc3ccccc3c3c2CCCN3)CC1. The summed E-state index contributed by atoms with van der Waals surface area (Å²) in [6, 6.07) is 8.40. The summed E-state index contributed by atoms with van der Waals surface area (Å²) in [6.45, 7) is 7.82. The molecule has 3 heterocycles. The Morgan fingerprint density at radius 1 is 1.23 bits per heavy atom. The minimum atomic E-state index is 0.661. The van der Waals surface area contributed by atoms with Crippen molar-refractivity contribution < 1.29 is 4.74 Å². The van der Waals surface area contributed by atoms with Crippen LogP contribution in [-0.4, -0.2) is 42.7 Å². The molecule has 1 fully saturated rings. The molecule has 1 N–H and O–H groups in total. The van der Waals surface area contributed by atoms with Gasteiger partial charge >= 0.3 is 0 Å². The van der Waals surface area contributed by atoms with Gasteiger partial charge < -0.3 is 15.0 Å². The van der Waals surface area contributed by atoms with Gasteiger partial charge in [-0.3, -0.25) is 0 Å².